The topological polar surface area (TPSA) is 91.4 Å². The minimum atomic E-state index is -3.63. The van der Waals surface area contributed by atoms with Crippen molar-refractivity contribution in [1.82, 2.24) is 10.1 Å². The van der Waals surface area contributed by atoms with Crippen LogP contribution in [0, 0.1) is 0 Å². The minimum Gasteiger partial charge on any atom is -0.468 e. The lowest BCUT2D eigenvalue weighted by atomic mass is 10.1. The first kappa shape index (κ1) is 16.7. The Kier molecular flexibility index (Phi) is 5.06. The van der Waals surface area contributed by atoms with E-state index < -0.39 is 25.2 Å². The van der Waals surface area contributed by atoms with Gasteiger partial charge in [-0.05, 0) is 11.6 Å². The number of esters is 1. The number of hydrogen-bond donors (Lipinski definition) is 3. The number of H-pyrrole nitrogens is 1. The van der Waals surface area contributed by atoms with Crippen molar-refractivity contribution < 1.29 is 19.0 Å². The molecule has 0 saturated heterocycles. The number of fused-ring (bicyclic) bond motifs is 1. The number of benzene rings is 1. The fourth-order valence-corrected chi connectivity index (χ4v) is 3.16. The summed E-state index contributed by atoms with van der Waals surface area (Å²) in [4.78, 5) is 25.0. The number of hydrogen-bond acceptors (Lipinski definition) is 3. The number of ether oxygens (including phenoxy) is 1. The van der Waals surface area contributed by atoms with E-state index in [1.807, 2.05) is 24.3 Å². The molecule has 2 rings (SSSR count). The molecule has 0 saturated carbocycles. The number of aromatic amines is 1. The van der Waals surface area contributed by atoms with Gasteiger partial charge in [0.05, 0.1) is 7.11 Å². The van der Waals surface area contributed by atoms with E-state index in [9.17, 15) is 14.3 Å². The Labute approximate surface area is 129 Å². The third-order valence-corrected chi connectivity index (χ3v) is 5.71. The van der Waals surface area contributed by atoms with Crippen molar-refractivity contribution in [2.75, 3.05) is 7.11 Å². The van der Waals surface area contributed by atoms with Crippen molar-refractivity contribution in [3.8, 4) is 0 Å². The maximum absolute atomic E-state index is 12.2. The van der Waals surface area contributed by atoms with Crippen molar-refractivity contribution >= 4 is 24.4 Å². The Morgan fingerprint density at radius 2 is 2.09 bits per heavy atom. The van der Waals surface area contributed by atoms with Crippen LogP contribution in [0.25, 0.3) is 10.9 Å². The van der Waals surface area contributed by atoms with Crippen LogP contribution in [0.4, 0.5) is 0 Å². The molecule has 1 heterocycles. The second-order valence-corrected chi connectivity index (χ2v) is 8.02. The molecule has 7 heteroatoms. The van der Waals surface area contributed by atoms with E-state index in [2.05, 4.69) is 10.1 Å². The van der Waals surface area contributed by atoms with E-state index in [1.165, 1.54) is 7.11 Å². The highest BCUT2D eigenvalue weighted by Gasteiger charge is 2.31. The second kappa shape index (κ2) is 6.65. The molecule has 1 aromatic carbocycles. The van der Waals surface area contributed by atoms with Crippen LogP contribution in [0.1, 0.15) is 19.4 Å². The molecule has 0 amide bonds. The van der Waals surface area contributed by atoms with E-state index in [4.69, 9.17) is 4.74 Å². The van der Waals surface area contributed by atoms with Crippen LogP contribution in [0.15, 0.2) is 30.5 Å². The summed E-state index contributed by atoms with van der Waals surface area (Å²) in [5.74, 6) is -0.555. The summed E-state index contributed by atoms with van der Waals surface area (Å²) in [7, 11) is -2.36. The minimum absolute atomic E-state index is 0.272. The van der Waals surface area contributed by atoms with Gasteiger partial charge in [-0.2, -0.15) is 0 Å². The predicted molar refractivity (Wildman–Crippen MR) is 85.9 cm³/mol. The van der Waals surface area contributed by atoms with Gasteiger partial charge in [0.2, 0.25) is 0 Å². The first-order chi connectivity index (χ1) is 10.3. The number of rotatable bonds is 6. The average Bonchev–Trinajstić information content (AvgIpc) is 2.88. The highest BCUT2D eigenvalue weighted by molar-refractivity contribution is 7.56. The number of carbonyl (C=O) groups is 1. The summed E-state index contributed by atoms with van der Waals surface area (Å²) in [5, 5.41) is 3.55. The fourth-order valence-electron chi connectivity index (χ4n) is 2.22. The molecule has 2 atom stereocenters. The smallest absolute Gasteiger partial charge is 0.323 e. The lowest BCUT2D eigenvalue weighted by Gasteiger charge is -2.22. The van der Waals surface area contributed by atoms with E-state index in [0.29, 0.717) is 0 Å². The van der Waals surface area contributed by atoms with E-state index >= 15 is 0 Å². The van der Waals surface area contributed by atoms with Crippen molar-refractivity contribution in [2.45, 2.75) is 32.0 Å². The van der Waals surface area contributed by atoms with Crippen molar-refractivity contribution in [3.63, 3.8) is 0 Å². The summed E-state index contributed by atoms with van der Waals surface area (Å²) < 4.78 is 16.9. The molecule has 0 aliphatic heterocycles. The average molecular weight is 324 g/mol. The largest absolute Gasteiger partial charge is 0.468 e. The lowest BCUT2D eigenvalue weighted by molar-refractivity contribution is -0.142. The van der Waals surface area contributed by atoms with Crippen molar-refractivity contribution in [2.24, 2.45) is 0 Å². The van der Waals surface area contributed by atoms with Crippen LogP contribution in [-0.2, 0) is 20.5 Å². The number of methoxy groups -OCH3 is 1. The van der Waals surface area contributed by atoms with Gasteiger partial charge in [0.1, 0.15) is 6.04 Å². The molecule has 0 aliphatic rings. The van der Waals surface area contributed by atoms with Crippen molar-refractivity contribution in [1.29, 1.82) is 0 Å². The zero-order valence-corrected chi connectivity index (χ0v) is 13.8. The molecule has 2 aromatic rings. The molecule has 22 heavy (non-hydrogen) atoms. The normalized spacial score (nSPS) is 15.7. The highest BCUT2D eigenvalue weighted by atomic mass is 31.2. The standard InChI is InChI=1S/C15H21N2O4P/c1-10(2)22(19,20)17-14(15(18)21-3)8-11-9-16-13-7-5-4-6-12(11)13/h4-7,9-10,14,16H,8H2,1-3H3,(H2,17,19,20). The Morgan fingerprint density at radius 3 is 2.73 bits per heavy atom. The molecule has 0 fully saturated rings. The quantitative estimate of drug-likeness (QED) is 0.561. The lowest BCUT2D eigenvalue weighted by Crippen LogP contribution is -2.38. The van der Waals surface area contributed by atoms with Gasteiger partial charge in [0, 0.05) is 29.2 Å². The SMILES string of the molecule is COC(=O)C(Cc1c[nH]c2ccccc12)NP(=O)(O)C(C)C. The molecule has 0 spiro atoms. The monoisotopic (exact) mass is 324 g/mol. The summed E-state index contributed by atoms with van der Waals surface area (Å²) >= 11 is 0. The first-order valence-corrected chi connectivity index (χ1v) is 8.81. The van der Waals surface area contributed by atoms with Crippen LogP contribution < -0.4 is 5.09 Å². The van der Waals surface area contributed by atoms with E-state index in [1.54, 1.807) is 20.0 Å². The first-order valence-electron chi connectivity index (χ1n) is 7.08. The molecule has 1 aromatic heterocycles. The summed E-state index contributed by atoms with van der Waals surface area (Å²) in [6.07, 6.45) is 2.08. The molecule has 0 bridgehead atoms. The van der Waals surface area contributed by atoms with Crippen molar-refractivity contribution in [3.05, 3.63) is 36.0 Å². The Balaban J connectivity index is 2.27. The molecular formula is C15H21N2O4P. The van der Waals surface area contributed by atoms with Gasteiger partial charge in [-0.3, -0.25) is 9.36 Å². The molecule has 6 nitrogen and oxygen atoms in total. The summed E-state index contributed by atoms with van der Waals surface area (Å²) in [5.41, 5.74) is 1.36. The van der Waals surface area contributed by atoms with E-state index in [-0.39, 0.29) is 6.42 Å². The maximum Gasteiger partial charge on any atom is 0.323 e. The number of para-hydroxylation sites is 1. The van der Waals surface area contributed by atoms with Crippen LogP contribution >= 0.6 is 7.52 Å². The molecule has 0 aliphatic carbocycles. The van der Waals surface area contributed by atoms with Gasteiger partial charge >= 0.3 is 5.97 Å². The fraction of sp³-hybridized carbons (Fsp3) is 0.400. The molecular weight excluding hydrogens is 303 g/mol. The summed E-state index contributed by atoms with van der Waals surface area (Å²) in [6.45, 7) is 3.27. The van der Waals surface area contributed by atoms with E-state index in [0.717, 1.165) is 16.5 Å². The molecule has 0 radical (unpaired) electrons. The number of nitrogens with one attached hydrogen (secondary N) is 2. The predicted octanol–water partition coefficient (Wildman–Crippen LogP) is 2.44. The van der Waals surface area contributed by atoms with Gasteiger partial charge in [-0.15, -0.1) is 0 Å². The van der Waals surface area contributed by atoms with Gasteiger partial charge in [0.15, 0.2) is 0 Å². The van der Waals surface area contributed by atoms with Crippen LogP contribution in [0.5, 0.6) is 0 Å². The third kappa shape index (κ3) is 3.58. The molecule has 120 valence electrons. The zero-order chi connectivity index (χ0) is 16.3. The van der Waals surface area contributed by atoms with Crippen LogP contribution in [0.2, 0.25) is 0 Å². The summed E-state index contributed by atoms with van der Waals surface area (Å²) in [6, 6.07) is 6.83. The molecule has 3 N–H and O–H groups in total. The number of carbonyl (C=O) groups excluding carboxylic acids is 1. The van der Waals surface area contributed by atoms with Gasteiger partial charge in [-0.25, -0.2) is 5.09 Å². The Bertz CT molecular complexity index is 710. The van der Waals surface area contributed by atoms with Crippen LogP contribution in [-0.4, -0.2) is 34.7 Å². The molecule has 2 unspecified atom stereocenters. The van der Waals surface area contributed by atoms with Gasteiger partial charge < -0.3 is 14.6 Å². The maximum atomic E-state index is 12.2. The second-order valence-electron chi connectivity index (χ2n) is 5.49. The van der Waals surface area contributed by atoms with Crippen LogP contribution in [0.3, 0.4) is 0 Å². The Hall–Kier alpha value is -1.62. The number of aromatic nitrogens is 1. The van der Waals surface area contributed by atoms with Gasteiger partial charge in [0.25, 0.3) is 7.52 Å². The highest BCUT2D eigenvalue weighted by Crippen LogP contribution is 2.42. The van der Waals surface area contributed by atoms with Gasteiger partial charge in [-0.1, -0.05) is 32.0 Å². The zero-order valence-electron chi connectivity index (χ0n) is 12.9. The third-order valence-electron chi connectivity index (χ3n) is 3.63. The Morgan fingerprint density at radius 1 is 1.41 bits per heavy atom.